The number of aliphatic hydroxyl groups excluding tert-OH is 1. The average Bonchev–Trinajstić information content (AvgIpc) is 3.41. The SMILES string of the molecule is CCOC(=O)C(O)CN(Cc1ccc(-c2cc(Cl)ccc2F)cc1)NC(=O)c1cc(-c2ccccc2F)no1. The number of esters is 1. The van der Waals surface area contributed by atoms with Gasteiger partial charge in [0.2, 0.25) is 5.76 Å². The Morgan fingerprint density at radius 2 is 1.77 bits per heavy atom. The number of halogens is 3. The Kier molecular flexibility index (Phi) is 9.03. The van der Waals surface area contributed by atoms with Crippen molar-refractivity contribution >= 4 is 23.5 Å². The fraction of sp³-hybridized carbons (Fsp3) is 0.179. The van der Waals surface area contributed by atoms with E-state index in [1.165, 1.54) is 47.5 Å². The number of hydrogen-bond donors (Lipinski definition) is 2. The second-order valence-electron chi connectivity index (χ2n) is 8.47. The van der Waals surface area contributed by atoms with E-state index >= 15 is 0 Å². The fourth-order valence-corrected chi connectivity index (χ4v) is 3.95. The number of hydrazine groups is 1. The Bertz CT molecular complexity index is 1460. The molecule has 3 aromatic carbocycles. The summed E-state index contributed by atoms with van der Waals surface area (Å²) in [6.07, 6.45) is -1.56. The molecule has 0 spiro atoms. The molecule has 0 saturated heterocycles. The van der Waals surface area contributed by atoms with E-state index in [0.717, 1.165) is 0 Å². The molecular formula is C28H24ClF2N3O5. The zero-order valence-corrected chi connectivity index (χ0v) is 21.5. The molecule has 1 unspecified atom stereocenters. The molecule has 8 nitrogen and oxygen atoms in total. The van der Waals surface area contributed by atoms with Crippen molar-refractivity contribution in [3.8, 4) is 22.4 Å². The number of amides is 1. The molecule has 0 radical (unpaired) electrons. The second-order valence-corrected chi connectivity index (χ2v) is 8.90. The predicted molar refractivity (Wildman–Crippen MR) is 139 cm³/mol. The Morgan fingerprint density at radius 3 is 2.49 bits per heavy atom. The Hall–Kier alpha value is -4.12. The van der Waals surface area contributed by atoms with Gasteiger partial charge in [-0.3, -0.25) is 10.2 Å². The smallest absolute Gasteiger partial charge is 0.336 e. The molecule has 4 aromatic rings. The topological polar surface area (TPSA) is 105 Å². The Balaban J connectivity index is 1.52. The van der Waals surface area contributed by atoms with Gasteiger partial charge >= 0.3 is 11.9 Å². The van der Waals surface area contributed by atoms with Gasteiger partial charge in [0.1, 0.15) is 17.3 Å². The molecule has 4 rings (SSSR count). The van der Waals surface area contributed by atoms with Gasteiger partial charge in [-0.15, -0.1) is 0 Å². The number of ether oxygens (including phenoxy) is 1. The number of nitrogens with zero attached hydrogens (tertiary/aromatic N) is 2. The highest BCUT2D eigenvalue weighted by molar-refractivity contribution is 6.30. The normalized spacial score (nSPS) is 11.8. The molecule has 0 bridgehead atoms. The van der Waals surface area contributed by atoms with Crippen LogP contribution < -0.4 is 5.43 Å². The maximum atomic E-state index is 14.3. The molecular weight excluding hydrogens is 532 g/mol. The quantitative estimate of drug-likeness (QED) is 0.209. The van der Waals surface area contributed by atoms with Crippen LogP contribution >= 0.6 is 11.6 Å². The molecule has 1 aromatic heterocycles. The molecule has 0 fully saturated rings. The maximum Gasteiger partial charge on any atom is 0.336 e. The second kappa shape index (κ2) is 12.6. The largest absolute Gasteiger partial charge is 0.464 e. The summed E-state index contributed by atoms with van der Waals surface area (Å²) in [6.45, 7) is 1.41. The number of rotatable bonds is 10. The number of benzene rings is 3. The van der Waals surface area contributed by atoms with Gasteiger partial charge in [0.25, 0.3) is 0 Å². The van der Waals surface area contributed by atoms with E-state index in [1.807, 2.05) is 0 Å². The molecule has 1 atom stereocenters. The minimum absolute atomic E-state index is 0.0504. The van der Waals surface area contributed by atoms with Crippen LogP contribution in [0.5, 0.6) is 0 Å². The van der Waals surface area contributed by atoms with Crippen LogP contribution in [-0.4, -0.2) is 46.4 Å². The number of carbonyl (C=O) groups excluding carboxylic acids is 2. The molecule has 11 heteroatoms. The lowest BCUT2D eigenvalue weighted by Gasteiger charge is -2.24. The molecule has 1 amide bonds. The van der Waals surface area contributed by atoms with Gasteiger partial charge in [-0.05, 0) is 48.4 Å². The van der Waals surface area contributed by atoms with Gasteiger partial charge in [-0.2, -0.15) is 0 Å². The van der Waals surface area contributed by atoms with Crippen LogP contribution in [0.25, 0.3) is 22.4 Å². The highest BCUT2D eigenvalue weighted by Crippen LogP contribution is 2.27. The minimum atomic E-state index is -1.56. The van der Waals surface area contributed by atoms with Crippen molar-refractivity contribution < 1.29 is 32.7 Å². The monoisotopic (exact) mass is 555 g/mol. The summed E-state index contributed by atoms with van der Waals surface area (Å²) in [5, 5.41) is 15.8. The van der Waals surface area contributed by atoms with Gasteiger partial charge in [-0.25, -0.2) is 18.6 Å². The summed E-state index contributed by atoms with van der Waals surface area (Å²) < 4.78 is 38.3. The lowest BCUT2D eigenvalue weighted by atomic mass is 10.0. The number of carbonyl (C=O) groups is 2. The van der Waals surface area contributed by atoms with E-state index in [4.69, 9.17) is 20.9 Å². The first-order chi connectivity index (χ1) is 18.7. The van der Waals surface area contributed by atoms with Gasteiger partial charge < -0.3 is 14.4 Å². The van der Waals surface area contributed by atoms with Crippen molar-refractivity contribution in [1.82, 2.24) is 15.6 Å². The van der Waals surface area contributed by atoms with E-state index < -0.39 is 29.6 Å². The molecule has 2 N–H and O–H groups in total. The third kappa shape index (κ3) is 7.05. The van der Waals surface area contributed by atoms with Gasteiger partial charge in [0.05, 0.1) is 13.2 Å². The van der Waals surface area contributed by atoms with Gasteiger partial charge in [-0.1, -0.05) is 53.2 Å². The van der Waals surface area contributed by atoms with E-state index in [9.17, 15) is 23.5 Å². The third-order valence-electron chi connectivity index (χ3n) is 5.66. The Labute approximate surface area is 227 Å². The molecule has 0 saturated carbocycles. The van der Waals surface area contributed by atoms with Crippen LogP contribution in [0.4, 0.5) is 8.78 Å². The zero-order valence-electron chi connectivity index (χ0n) is 20.7. The van der Waals surface area contributed by atoms with Crippen molar-refractivity contribution in [2.24, 2.45) is 0 Å². The van der Waals surface area contributed by atoms with Crippen LogP contribution in [-0.2, 0) is 16.1 Å². The summed E-state index contributed by atoms with van der Waals surface area (Å²) >= 11 is 6.00. The lowest BCUT2D eigenvalue weighted by Crippen LogP contribution is -2.47. The first kappa shape index (κ1) is 27.9. The van der Waals surface area contributed by atoms with Crippen molar-refractivity contribution in [3.05, 3.63) is 101 Å². The van der Waals surface area contributed by atoms with E-state index in [-0.39, 0.29) is 36.7 Å². The van der Waals surface area contributed by atoms with Crippen LogP contribution in [0.3, 0.4) is 0 Å². The summed E-state index contributed by atoms with van der Waals surface area (Å²) in [5.41, 5.74) is 4.44. The molecule has 202 valence electrons. The number of hydrogen-bond acceptors (Lipinski definition) is 7. The van der Waals surface area contributed by atoms with Crippen LogP contribution in [0.1, 0.15) is 23.0 Å². The van der Waals surface area contributed by atoms with Crippen LogP contribution in [0, 0.1) is 11.6 Å². The number of aromatic nitrogens is 1. The first-order valence-corrected chi connectivity index (χ1v) is 12.3. The number of aliphatic hydroxyl groups is 1. The highest BCUT2D eigenvalue weighted by Gasteiger charge is 2.24. The summed E-state index contributed by atoms with van der Waals surface area (Å²) in [4.78, 5) is 24.9. The summed E-state index contributed by atoms with van der Waals surface area (Å²) in [7, 11) is 0. The lowest BCUT2D eigenvalue weighted by molar-refractivity contribution is -0.154. The van der Waals surface area contributed by atoms with Crippen molar-refractivity contribution in [2.45, 2.75) is 19.6 Å². The van der Waals surface area contributed by atoms with Gasteiger partial charge in [0.15, 0.2) is 6.10 Å². The summed E-state index contributed by atoms with van der Waals surface area (Å²) in [6, 6.07) is 18.2. The molecule has 1 heterocycles. The van der Waals surface area contributed by atoms with Crippen molar-refractivity contribution in [3.63, 3.8) is 0 Å². The Morgan fingerprint density at radius 1 is 1.05 bits per heavy atom. The minimum Gasteiger partial charge on any atom is -0.464 e. The molecule has 39 heavy (non-hydrogen) atoms. The average molecular weight is 556 g/mol. The van der Waals surface area contributed by atoms with Crippen LogP contribution in [0.2, 0.25) is 5.02 Å². The van der Waals surface area contributed by atoms with E-state index in [1.54, 1.807) is 37.3 Å². The molecule has 0 aliphatic heterocycles. The first-order valence-electron chi connectivity index (χ1n) is 11.9. The van der Waals surface area contributed by atoms with Crippen LogP contribution in [0.15, 0.2) is 77.3 Å². The fourth-order valence-electron chi connectivity index (χ4n) is 3.78. The molecule has 0 aliphatic carbocycles. The highest BCUT2D eigenvalue weighted by atomic mass is 35.5. The van der Waals surface area contributed by atoms with E-state index in [0.29, 0.717) is 21.7 Å². The summed E-state index contributed by atoms with van der Waals surface area (Å²) in [5.74, 6) is -2.77. The standard InChI is InChI=1S/C28H24ClF2N3O5/c1-2-38-28(37)25(35)16-34(15-17-7-9-18(10-8-17)21-13-19(29)11-12-23(21)31)32-27(36)26-14-24(33-39-26)20-5-3-4-6-22(20)30/h3-14,25,35H,2,15-16H2,1H3,(H,32,36). The number of nitrogens with one attached hydrogen (secondary N) is 1. The van der Waals surface area contributed by atoms with E-state index in [2.05, 4.69) is 10.6 Å². The molecule has 0 aliphatic rings. The maximum absolute atomic E-state index is 14.3. The van der Waals surface area contributed by atoms with Crippen molar-refractivity contribution in [2.75, 3.05) is 13.2 Å². The van der Waals surface area contributed by atoms with Crippen molar-refractivity contribution in [1.29, 1.82) is 0 Å². The predicted octanol–water partition coefficient (Wildman–Crippen LogP) is 5.01. The van der Waals surface area contributed by atoms with Gasteiger partial charge in [0, 0.05) is 28.8 Å². The third-order valence-corrected chi connectivity index (χ3v) is 5.90. The zero-order chi connectivity index (χ0) is 27.9.